The number of nitrogens with zero attached hydrogens (tertiary/aromatic N) is 6. The summed E-state index contributed by atoms with van der Waals surface area (Å²) in [7, 11) is 9.26. The van der Waals surface area contributed by atoms with E-state index in [4.69, 9.17) is 37.9 Å². The third-order valence-electron chi connectivity index (χ3n) is 11.1. The number of carbonyl (C=O) groups is 4. The third-order valence-corrected chi connectivity index (χ3v) is 11.1. The number of nitrogens with one attached hydrogen (secondary N) is 2. The van der Waals surface area contributed by atoms with Crippen molar-refractivity contribution in [2.24, 2.45) is 14.1 Å². The van der Waals surface area contributed by atoms with Gasteiger partial charge >= 0.3 is 11.9 Å². The van der Waals surface area contributed by atoms with Crippen molar-refractivity contribution in [2.45, 2.75) is 26.1 Å². The maximum absolute atomic E-state index is 14.1. The fourth-order valence-electron chi connectivity index (χ4n) is 7.64. The van der Waals surface area contributed by atoms with Crippen LogP contribution < -0.4 is 39.1 Å². The molecule has 4 aromatic carbocycles. The highest BCUT2D eigenvalue weighted by atomic mass is 16.6. The predicted octanol–water partition coefficient (Wildman–Crippen LogP) is 8.19. The van der Waals surface area contributed by atoms with E-state index in [-0.39, 0.29) is 22.6 Å². The molecule has 0 aliphatic heterocycles. The molecule has 0 aliphatic rings. The molecular weight excluding hydrogens is 929 g/mol. The minimum absolute atomic E-state index is 0.129. The van der Waals surface area contributed by atoms with Gasteiger partial charge in [0.1, 0.15) is 46.0 Å². The quantitative estimate of drug-likeness (QED) is 0.0610. The van der Waals surface area contributed by atoms with Gasteiger partial charge in [-0.2, -0.15) is 10.2 Å². The molecule has 20 nitrogen and oxygen atoms in total. The van der Waals surface area contributed by atoms with E-state index in [1.54, 1.807) is 115 Å². The van der Waals surface area contributed by atoms with E-state index in [1.165, 1.54) is 47.8 Å². The highest BCUT2D eigenvalue weighted by Gasteiger charge is 2.31. The largest absolute Gasteiger partial charge is 0.497 e. The number of benzene rings is 4. The SMILES string of the molecule is COc1ccc2c(Oc3ccc(C(OC(=O)/C=C\C(=O)OC(C(=O)Nc4cn(C)nc4C)c4ccc(Oc5ccnc6cc(OC)ccc56)cc4OC)C(=O)Nc4cn(C)nc4C)c(OC)c3)ccnc2c1. The van der Waals surface area contributed by atoms with Crippen molar-refractivity contribution in [3.63, 3.8) is 0 Å². The molecule has 0 fully saturated rings. The number of anilines is 2. The van der Waals surface area contributed by atoms with E-state index in [9.17, 15) is 19.2 Å². The van der Waals surface area contributed by atoms with Crippen molar-refractivity contribution < 1.29 is 57.1 Å². The monoisotopic (exact) mass is 976 g/mol. The van der Waals surface area contributed by atoms with Crippen LogP contribution in [0.4, 0.5) is 11.4 Å². The smallest absolute Gasteiger partial charge is 0.332 e. The first-order valence-electron chi connectivity index (χ1n) is 22.0. The summed E-state index contributed by atoms with van der Waals surface area (Å²) in [6.07, 6.45) is 4.62. The molecule has 2 N–H and O–H groups in total. The van der Waals surface area contributed by atoms with E-state index in [1.807, 2.05) is 12.1 Å². The molecule has 72 heavy (non-hydrogen) atoms. The van der Waals surface area contributed by atoms with Crippen molar-refractivity contribution in [1.82, 2.24) is 29.5 Å². The molecule has 8 rings (SSSR count). The Labute approximate surface area is 412 Å². The summed E-state index contributed by atoms with van der Waals surface area (Å²) in [6.45, 7) is 3.39. The normalized spacial score (nSPS) is 11.9. The Balaban J connectivity index is 1.05. The van der Waals surface area contributed by atoms with Gasteiger partial charge in [0.05, 0.1) is 62.2 Å². The molecule has 2 amide bonds. The molecular formula is C52H48N8O12. The molecule has 4 aromatic heterocycles. The number of aromatic nitrogens is 6. The molecule has 0 spiro atoms. The highest BCUT2D eigenvalue weighted by molar-refractivity contribution is 6.00. The number of hydrogen-bond acceptors (Lipinski definition) is 16. The number of rotatable bonds is 18. The van der Waals surface area contributed by atoms with Gasteiger partial charge in [0.25, 0.3) is 11.8 Å². The molecule has 0 saturated heterocycles. The Hall–Kier alpha value is -9.46. The minimum atomic E-state index is -1.64. The molecule has 2 atom stereocenters. The van der Waals surface area contributed by atoms with E-state index in [2.05, 4.69) is 30.8 Å². The number of esters is 2. The summed E-state index contributed by atoms with van der Waals surface area (Å²) < 4.78 is 49.2. The van der Waals surface area contributed by atoms with Crippen LogP contribution >= 0.6 is 0 Å². The van der Waals surface area contributed by atoms with E-state index in [0.29, 0.717) is 79.1 Å². The molecule has 4 heterocycles. The first-order chi connectivity index (χ1) is 34.7. The minimum Gasteiger partial charge on any atom is -0.497 e. The van der Waals surface area contributed by atoms with Crippen LogP contribution in [0.2, 0.25) is 0 Å². The number of methoxy groups -OCH3 is 4. The fraction of sp³-hybridized carbons (Fsp3) is 0.192. The lowest BCUT2D eigenvalue weighted by Crippen LogP contribution is -2.27. The lowest BCUT2D eigenvalue weighted by Gasteiger charge is -2.21. The zero-order chi connectivity index (χ0) is 51.1. The van der Waals surface area contributed by atoms with Crippen LogP contribution in [0.3, 0.4) is 0 Å². The maximum Gasteiger partial charge on any atom is 0.332 e. The number of hydrogen-bond donors (Lipinski definition) is 2. The third kappa shape index (κ3) is 11.0. The van der Waals surface area contributed by atoms with Crippen LogP contribution in [-0.2, 0) is 42.7 Å². The van der Waals surface area contributed by atoms with Gasteiger partial charge in [-0.25, -0.2) is 9.59 Å². The van der Waals surface area contributed by atoms with E-state index >= 15 is 0 Å². The van der Waals surface area contributed by atoms with Gasteiger partial charge in [0.2, 0.25) is 12.2 Å². The summed E-state index contributed by atoms with van der Waals surface area (Å²) in [5.74, 6) is -0.646. The Morgan fingerprint density at radius 2 is 0.917 bits per heavy atom. The molecule has 0 radical (unpaired) electrons. The fourth-order valence-corrected chi connectivity index (χ4v) is 7.64. The Kier molecular flexibility index (Phi) is 14.6. The second-order valence-corrected chi connectivity index (χ2v) is 15.9. The second kappa shape index (κ2) is 21.5. The summed E-state index contributed by atoms with van der Waals surface area (Å²) in [4.78, 5) is 64.4. The van der Waals surface area contributed by atoms with Gasteiger partial charge in [-0.05, 0) is 74.5 Å². The van der Waals surface area contributed by atoms with Crippen molar-refractivity contribution >= 4 is 56.9 Å². The molecule has 368 valence electrons. The standard InChI is InChI=1S/C52H48N8O12/c1-29-41(27-59(3)57-29)55-51(63)49(37-15-11-33(25-45(37)67-7)69-43-19-21-53-39-23-31(65-5)9-13-35(39)43)71-47(61)17-18-48(62)72-50(52(64)56-42-28-60(4)58-30(42)2)38-16-12-34(26-46(38)68-8)70-44-20-22-54-40-24-32(66-6)10-14-36(40)44/h9-28,49-50H,1-8H3,(H,55,63)(H,56,64)/b18-17-. The molecule has 0 aliphatic carbocycles. The van der Waals surface area contributed by atoms with Crippen molar-refractivity contribution in [1.29, 1.82) is 0 Å². The van der Waals surface area contributed by atoms with Crippen molar-refractivity contribution in [3.05, 3.63) is 144 Å². The van der Waals surface area contributed by atoms with Crippen molar-refractivity contribution in [3.8, 4) is 46.0 Å². The average molecular weight is 977 g/mol. The highest BCUT2D eigenvalue weighted by Crippen LogP contribution is 2.39. The number of carbonyl (C=O) groups excluding carboxylic acids is 4. The Morgan fingerprint density at radius 3 is 1.28 bits per heavy atom. The van der Waals surface area contributed by atoms with Gasteiger partial charge in [-0.1, -0.05) is 0 Å². The lowest BCUT2D eigenvalue weighted by molar-refractivity contribution is -0.151. The number of ether oxygens (including phenoxy) is 8. The number of fused-ring (bicyclic) bond motifs is 2. The Bertz CT molecular complexity index is 3160. The summed E-state index contributed by atoms with van der Waals surface area (Å²) >= 11 is 0. The molecule has 8 aromatic rings. The van der Waals surface area contributed by atoms with E-state index in [0.717, 1.165) is 12.2 Å². The first kappa shape index (κ1) is 49.0. The van der Waals surface area contributed by atoms with Crippen LogP contribution in [0.25, 0.3) is 21.8 Å². The summed E-state index contributed by atoms with van der Waals surface area (Å²) in [5, 5.41) is 15.5. The predicted molar refractivity (Wildman–Crippen MR) is 263 cm³/mol. The zero-order valence-electron chi connectivity index (χ0n) is 40.3. The van der Waals surface area contributed by atoms with Crippen LogP contribution in [-0.4, -0.2) is 81.7 Å². The Morgan fingerprint density at radius 1 is 0.514 bits per heavy atom. The van der Waals surface area contributed by atoms with E-state index < -0.39 is 36.0 Å². The number of pyridine rings is 2. The van der Waals surface area contributed by atoms with Crippen molar-refractivity contribution in [2.75, 3.05) is 39.1 Å². The maximum atomic E-state index is 14.1. The van der Waals surface area contributed by atoms with Gasteiger partial charge < -0.3 is 48.5 Å². The van der Waals surface area contributed by atoms with Gasteiger partial charge in [-0.3, -0.25) is 28.9 Å². The van der Waals surface area contributed by atoms with Crippen LogP contribution in [0.15, 0.2) is 122 Å². The van der Waals surface area contributed by atoms with Gasteiger partial charge in [-0.15, -0.1) is 0 Å². The molecule has 2 unspecified atom stereocenters. The summed E-state index contributed by atoms with van der Waals surface area (Å²) in [5.41, 5.74) is 3.25. The second-order valence-electron chi connectivity index (χ2n) is 15.9. The van der Waals surface area contributed by atoms with Gasteiger partial charge in [0, 0.05) is 97.2 Å². The molecule has 20 heteroatoms. The summed E-state index contributed by atoms with van der Waals surface area (Å²) in [6, 6.07) is 23.4. The lowest BCUT2D eigenvalue weighted by atomic mass is 10.1. The van der Waals surface area contributed by atoms with Crippen LogP contribution in [0.1, 0.15) is 34.7 Å². The topological polar surface area (TPSA) is 228 Å². The molecule has 0 saturated carbocycles. The number of amides is 2. The number of aryl methyl sites for hydroxylation is 4. The van der Waals surface area contributed by atoms with Crippen LogP contribution in [0.5, 0.6) is 46.0 Å². The zero-order valence-corrected chi connectivity index (χ0v) is 40.3. The average Bonchev–Trinajstić information content (AvgIpc) is 3.88. The van der Waals surface area contributed by atoms with Gasteiger partial charge in [0.15, 0.2) is 0 Å². The first-order valence-corrected chi connectivity index (χ1v) is 22.0. The van der Waals surface area contributed by atoms with Crippen LogP contribution in [0, 0.1) is 13.8 Å². The molecule has 0 bridgehead atoms.